The predicted molar refractivity (Wildman–Crippen MR) is 203 cm³/mol. The van der Waals surface area contributed by atoms with Crippen LogP contribution in [0.5, 0.6) is 11.5 Å². The van der Waals surface area contributed by atoms with Gasteiger partial charge in [-0.3, -0.25) is 0 Å². The van der Waals surface area contributed by atoms with E-state index in [1.165, 1.54) is 0 Å². The molecular weight excluding hydrogens is 696 g/mol. The Bertz CT molecular complexity index is 1510. The van der Waals surface area contributed by atoms with Crippen molar-refractivity contribution in [3.8, 4) is 11.5 Å². The summed E-state index contributed by atoms with van der Waals surface area (Å²) in [6.07, 6.45) is 2.18. The van der Waals surface area contributed by atoms with Crippen molar-refractivity contribution in [3.05, 3.63) is 80.5 Å². The average Bonchev–Trinajstić information content (AvgIpc) is 3.11. The van der Waals surface area contributed by atoms with E-state index >= 15 is 0 Å². The van der Waals surface area contributed by atoms with Gasteiger partial charge in [0.1, 0.15) is 22.7 Å². The fourth-order valence-corrected chi connectivity index (χ4v) is 6.95. The van der Waals surface area contributed by atoms with Crippen molar-refractivity contribution in [2.24, 2.45) is 10.2 Å². The molecule has 2 aliphatic carbocycles. The smallest absolute Gasteiger partial charge is 0.408 e. The minimum absolute atomic E-state index is 0.463. The van der Waals surface area contributed by atoms with E-state index in [4.69, 9.17) is 18.9 Å². The zero-order valence-corrected chi connectivity index (χ0v) is 32.6. The topological polar surface area (TPSA) is 233 Å². The van der Waals surface area contributed by atoms with Gasteiger partial charge in [-0.2, -0.15) is 0 Å². The van der Waals surface area contributed by atoms with Crippen molar-refractivity contribution in [1.29, 1.82) is 0 Å². The Hall–Kier alpha value is -4.88. The average molecular weight is 753 g/mol. The second-order valence-electron chi connectivity index (χ2n) is 15.6. The number of hydrogen-bond donors (Lipinski definition) is 4. The highest BCUT2D eigenvalue weighted by atomic mass is 16.6. The summed E-state index contributed by atoms with van der Waals surface area (Å²) in [6, 6.07) is 12.7. The van der Waals surface area contributed by atoms with Crippen LogP contribution in [0.4, 0.5) is 9.59 Å². The van der Waals surface area contributed by atoms with Gasteiger partial charge in [-0.25, -0.2) is 9.59 Å². The summed E-state index contributed by atoms with van der Waals surface area (Å²) in [7, 11) is 3.13. The molecule has 4 rings (SSSR count). The highest BCUT2D eigenvalue weighted by Gasteiger charge is 2.49. The Labute approximate surface area is 317 Å². The van der Waals surface area contributed by atoms with Gasteiger partial charge in [0.15, 0.2) is 0 Å². The van der Waals surface area contributed by atoms with Gasteiger partial charge in [-0.1, -0.05) is 60.2 Å². The maximum absolute atomic E-state index is 12.5. The summed E-state index contributed by atoms with van der Waals surface area (Å²) in [4.78, 5) is 31.0. The summed E-state index contributed by atoms with van der Waals surface area (Å²) in [5.41, 5.74) is 16.1. The molecule has 0 aliphatic heterocycles. The van der Waals surface area contributed by atoms with Crippen molar-refractivity contribution in [2.75, 3.05) is 14.2 Å². The number of azide groups is 2. The van der Waals surface area contributed by atoms with Crippen LogP contribution >= 0.6 is 0 Å². The van der Waals surface area contributed by atoms with E-state index in [0.717, 1.165) is 25.7 Å². The lowest BCUT2D eigenvalue weighted by Gasteiger charge is -2.43. The molecule has 54 heavy (non-hydrogen) atoms. The van der Waals surface area contributed by atoms with Crippen LogP contribution in [-0.2, 0) is 9.47 Å². The van der Waals surface area contributed by atoms with Crippen molar-refractivity contribution in [2.45, 2.75) is 139 Å². The number of benzene rings is 2. The minimum Gasteiger partial charge on any atom is -0.497 e. The third-order valence-electron chi connectivity index (χ3n) is 9.45. The summed E-state index contributed by atoms with van der Waals surface area (Å²) < 4.78 is 21.2. The maximum Gasteiger partial charge on any atom is 0.408 e. The lowest BCUT2D eigenvalue weighted by molar-refractivity contribution is 0.0127. The van der Waals surface area contributed by atoms with Crippen LogP contribution < -0.4 is 20.1 Å². The Balaban J connectivity index is 0.000000290. The standard InChI is InChI=1S/2C19H28N4O4/c2*1-18(2,3)27-17(25)21-16(13-8-10-14(26-4)11-9-13)19(22-23-20)12-6-5-7-15(19)24/h2*8-11,15-16,24H,5-7,12H2,1-4H3,(H,21,25)/t2*15-,16-,19-/m00/s1. The number of amides is 2. The van der Waals surface area contributed by atoms with Crippen LogP contribution in [0.15, 0.2) is 58.8 Å². The van der Waals surface area contributed by atoms with E-state index < -0.39 is 58.8 Å². The highest BCUT2D eigenvalue weighted by molar-refractivity contribution is 5.69. The van der Waals surface area contributed by atoms with E-state index in [9.17, 15) is 30.9 Å². The third kappa shape index (κ3) is 11.6. The molecule has 2 fully saturated rings. The zero-order chi connectivity index (χ0) is 40.2. The van der Waals surface area contributed by atoms with E-state index in [-0.39, 0.29) is 0 Å². The van der Waals surface area contributed by atoms with Crippen molar-refractivity contribution < 1.29 is 38.7 Å². The van der Waals surface area contributed by atoms with Crippen molar-refractivity contribution in [1.82, 2.24) is 10.6 Å². The SMILES string of the molecule is COc1ccc([C@H](NC(=O)OC(C)(C)C)[C@]2(N=[N+]=[N-])CCCC[C@@H]2O)cc1.COc1ccc([C@H](NC(=O)OC(C)(C)C)[C@]2(N=[N+]=[N-])CCCC[C@@H]2O)cc1. The first-order valence-electron chi connectivity index (χ1n) is 18.2. The molecule has 0 saturated heterocycles. The van der Waals surface area contributed by atoms with Gasteiger partial charge in [0.2, 0.25) is 0 Å². The molecular formula is C38H56N8O8. The Morgan fingerprint density at radius 2 is 1.02 bits per heavy atom. The maximum atomic E-state index is 12.5. The first-order valence-corrected chi connectivity index (χ1v) is 18.2. The minimum atomic E-state index is -1.18. The summed E-state index contributed by atoms with van der Waals surface area (Å²) in [6.45, 7) is 10.6. The van der Waals surface area contributed by atoms with Gasteiger partial charge in [0.05, 0.1) is 49.6 Å². The Kier molecular flexibility index (Phi) is 15.3. The van der Waals surface area contributed by atoms with Gasteiger partial charge in [-0.15, -0.1) is 0 Å². The molecule has 0 heterocycles. The number of nitrogens with zero attached hydrogens (tertiary/aromatic N) is 6. The lowest BCUT2D eigenvalue weighted by atomic mass is 9.72. The molecule has 4 N–H and O–H groups in total. The van der Waals surface area contributed by atoms with E-state index in [1.54, 1.807) is 104 Å². The van der Waals surface area contributed by atoms with Gasteiger partial charge < -0.3 is 39.8 Å². The van der Waals surface area contributed by atoms with Crippen molar-refractivity contribution in [3.63, 3.8) is 0 Å². The van der Waals surface area contributed by atoms with Crippen LogP contribution in [0.25, 0.3) is 20.9 Å². The number of rotatable bonds is 10. The molecule has 6 atom stereocenters. The molecule has 2 aromatic rings. The number of nitrogens with one attached hydrogen (secondary N) is 2. The summed E-state index contributed by atoms with van der Waals surface area (Å²) in [5.74, 6) is 1.33. The number of ether oxygens (including phenoxy) is 4. The quantitative estimate of drug-likeness (QED) is 0.104. The van der Waals surface area contributed by atoms with Gasteiger partial charge in [-0.05, 0) is 114 Å². The van der Waals surface area contributed by atoms with Gasteiger partial charge >= 0.3 is 12.2 Å². The largest absolute Gasteiger partial charge is 0.497 e. The normalized spacial score (nSPS) is 23.7. The molecule has 0 spiro atoms. The molecule has 2 amide bonds. The Morgan fingerprint density at radius 1 is 0.685 bits per heavy atom. The van der Waals surface area contributed by atoms with E-state index in [2.05, 4.69) is 30.7 Å². The molecule has 0 bridgehead atoms. The number of carbonyl (C=O) groups is 2. The number of carbonyl (C=O) groups excluding carboxylic acids is 2. The first kappa shape index (κ1) is 43.5. The molecule has 16 heteroatoms. The van der Waals surface area contributed by atoms with E-state index in [0.29, 0.717) is 48.3 Å². The number of aliphatic hydroxyl groups is 2. The number of hydrogen-bond acceptors (Lipinski definition) is 10. The summed E-state index contributed by atoms with van der Waals surface area (Å²) in [5, 5.41) is 35.1. The lowest BCUT2D eigenvalue weighted by Crippen LogP contribution is -2.54. The molecule has 0 aromatic heterocycles. The second kappa shape index (κ2) is 18.9. The predicted octanol–water partition coefficient (Wildman–Crippen LogP) is 8.49. The fourth-order valence-electron chi connectivity index (χ4n) is 6.95. The Morgan fingerprint density at radius 3 is 1.28 bits per heavy atom. The van der Waals surface area contributed by atoms with Crippen LogP contribution in [0, 0.1) is 0 Å². The summed E-state index contributed by atoms with van der Waals surface area (Å²) >= 11 is 0. The van der Waals surface area contributed by atoms with Crippen LogP contribution in [0.1, 0.15) is 116 Å². The molecule has 0 unspecified atom stereocenters. The number of aliphatic hydroxyl groups excluding tert-OH is 2. The number of methoxy groups -OCH3 is 2. The van der Waals surface area contributed by atoms with Crippen molar-refractivity contribution >= 4 is 12.2 Å². The van der Waals surface area contributed by atoms with Crippen LogP contribution in [0.3, 0.4) is 0 Å². The van der Waals surface area contributed by atoms with Gasteiger partial charge in [0, 0.05) is 9.82 Å². The molecule has 16 nitrogen and oxygen atoms in total. The third-order valence-corrected chi connectivity index (χ3v) is 9.45. The van der Waals surface area contributed by atoms with Crippen LogP contribution in [0.2, 0.25) is 0 Å². The van der Waals surface area contributed by atoms with Gasteiger partial charge in [0.25, 0.3) is 0 Å². The zero-order valence-electron chi connectivity index (χ0n) is 32.6. The molecule has 2 saturated carbocycles. The number of alkyl carbamates (subject to hydrolysis) is 2. The molecule has 296 valence electrons. The second-order valence-corrected chi connectivity index (χ2v) is 15.6. The van der Waals surface area contributed by atoms with Crippen LogP contribution in [-0.4, -0.2) is 71.1 Å². The highest BCUT2D eigenvalue weighted by Crippen LogP contribution is 2.44. The van der Waals surface area contributed by atoms with E-state index in [1.807, 2.05) is 0 Å². The molecule has 2 aliphatic rings. The monoisotopic (exact) mass is 752 g/mol. The molecule has 2 aromatic carbocycles. The first-order chi connectivity index (χ1) is 25.4. The molecule has 0 radical (unpaired) electrons. The fraction of sp³-hybridized carbons (Fsp3) is 0.632.